The predicted octanol–water partition coefficient (Wildman–Crippen LogP) is 4.19. The molecular formula is C26H31N3O3S. The van der Waals surface area contributed by atoms with Gasteiger partial charge >= 0.3 is 0 Å². The van der Waals surface area contributed by atoms with Crippen LogP contribution >= 0.6 is 0 Å². The van der Waals surface area contributed by atoms with Crippen molar-refractivity contribution in [1.82, 2.24) is 9.47 Å². The van der Waals surface area contributed by atoms with Crippen molar-refractivity contribution in [2.24, 2.45) is 0 Å². The predicted molar refractivity (Wildman–Crippen MR) is 132 cm³/mol. The molecule has 0 saturated carbocycles. The fourth-order valence-corrected chi connectivity index (χ4v) is 6.45. The average Bonchev–Trinajstić information content (AvgIpc) is 3.17. The molecule has 0 aliphatic carbocycles. The zero-order valence-electron chi connectivity index (χ0n) is 19.1. The van der Waals surface area contributed by atoms with E-state index >= 15 is 0 Å². The zero-order chi connectivity index (χ0) is 23.0. The van der Waals surface area contributed by atoms with E-state index in [9.17, 15) is 8.42 Å². The van der Waals surface area contributed by atoms with Gasteiger partial charge in [0.2, 0.25) is 0 Å². The standard InChI is InChI=1S/C26H31N3O3S/c1-3-14-29-25-10-9-21(27(2)33(30,31)22-7-5-4-6-8-22)18-23(25)24-19-28(15-11-26(24)29)20-12-16-32-17-13-20/h3-10,18,20H,1,11-17,19H2,2H3. The van der Waals surface area contributed by atoms with Crippen molar-refractivity contribution >= 4 is 26.6 Å². The van der Waals surface area contributed by atoms with Crippen LogP contribution in [-0.4, -0.2) is 50.7 Å². The molecule has 2 aromatic carbocycles. The lowest BCUT2D eigenvalue weighted by Gasteiger charge is -2.37. The van der Waals surface area contributed by atoms with E-state index in [1.807, 2.05) is 24.3 Å². The maximum atomic E-state index is 13.2. The maximum absolute atomic E-state index is 13.2. The van der Waals surface area contributed by atoms with Crippen LogP contribution in [0.3, 0.4) is 0 Å². The summed E-state index contributed by atoms with van der Waals surface area (Å²) in [6.45, 7) is 8.30. The average molecular weight is 466 g/mol. The van der Waals surface area contributed by atoms with Crippen LogP contribution in [0.4, 0.5) is 5.69 Å². The van der Waals surface area contributed by atoms with Gasteiger partial charge in [0.25, 0.3) is 10.0 Å². The molecule has 0 N–H and O–H groups in total. The third-order valence-electron chi connectivity index (χ3n) is 7.05. The van der Waals surface area contributed by atoms with Gasteiger partial charge in [0.15, 0.2) is 0 Å². The summed E-state index contributed by atoms with van der Waals surface area (Å²) >= 11 is 0. The molecule has 7 heteroatoms. The van der Waals surface area contributed by atoms with Crippen molar-refractivity contribution in [3.63, 3.8) is 0 Å². The maximum Gasteiger partial charge on any atom is 0.264 e. The second-order valence-electron chi connectivity index (χ2n) is 8.88. The van der Waals surface area contributed by atoms with Crippen LogP contribution in [0.1, 0.15) is 24.1 Å². The Morgan fingerprint density at radius 2 is 1.91 bits per heavy atom. The first kappa shape index (κ1) is 22.2. The molecular weight excluding hydrogens is 434 g/mol. The smallest absolute Gasteiger partial charge is 0.264 e. The molecule has 3 heterocycles. The molecule has 1 aromatic heterocycles. The quantitative estimate of drug-likeness (QED) is 0.513. The minimum atomic E-state index is -3.63. The lowest BCUT2D eigenvalue weighted by Crippen LogP contribution is -2.42. The molecule has 2 aliphatic rings. The number of aromatic nitrogens is 1. The molecule has 6 nitrogen and oxygen atoms in total. The molecule has 3 aromatic rings. The molecule has 1 saturated heterocycles. The number of fused-ring (bicyclic) bond motifs is 3. The van der Waals surface area contributed by atoms with Gasteiger partial charge in [-0.1, -0.05) is 24.3 Å². The van der Waals surface area contributed by atoms with Gasteiger partial charge in [-0.05, 0) is 48.7 Å². The van der Waals surface area contributed by atoms with E-state index in [0.29, 0.717) is 16.6 Å². The highest BCUT2D eigenvalue weighted by molar-refractivity contribution is 7.92. The van der Waals surface area contributed by atoms with Gasteiger partial charge in [-0.3, -0.25) is 9.21 Å². The number of hydrogen-bond donors (Lipinski definition) is 0. The normalized spacial score (nSPS) is 17.7. The number of allylic oxidation sites excluding steroid dienone is 1. The first-order valence-electron chi connectivity index (χ1n) is 11.6. The Kier molecular flexibility index (Phi) is 6.03. The van der Waals surface area contributed by atoms with Gasteiger partial charge in [0.05, 0.1) is 10.6 Å². The number of sulfonamides is 1. The van der Waals surface area contributed by atoms with Crippen molar-refractivity contribution in [1.29, 1.82) is 0 Å². The molecule has 0 atom stereocenters. The van der Waals surface area contributed by atoms with Gasteiger partial charge in [-0.15, -0.1) is 6.58 Å². The van der Waals surface area contributed by atoms with E-state index in [1.165, 1.54) is 15.6 Å². The second-order valence-corrected chi connectivity index (χ2v) is 10.8. The highest BCUT2D eigenvalue weighted by Crippen LogP contribution is 2.36. The molecule has 0 radical (unpaired) electrons. The molecule has 0 amide bonds. The van der Waals surface area contributed by atoms with Crippen molar-refractivity contribution in [2.75, 3.05) is 31.1 Å². The summed E-state index contributed by atoms with van der Waals surface area (Å²) in [6, 6.07) is 15.2. The Morgan fingerprint density at radius 3 is 2.64 bits per heavy atom. The Morgan fingerprint density at radius 1 is 1.15 bits per heavy atom. The molecule has 174 valence electrons. The van der Waals surface area contributed by atoms with Crippen LogP contribution < -0.4 is 4.31 Å². The summed E-state index contributed by atoms with van der Waals surface area (Å²) < 4.78 is 35.7. The van der Waals surface area contributed by atoms with Gasteiger partial charge in [-0.2, -0.15) is 0 Å². The summed E-state index contributed by atoms with van der Waals surface area (Å²) in [7, 11) is -2.00. The summed E-state index contributed by atoms with van der Waals surface area (Å²) in [4.78, 5) is 2.88. The Labute approximate surface area is 196 Å². The van der Waals surface area contributed by atoms with Crippen molar-refractivity contribution in [3.8, 4) is 0 Å². The first-order chi connectivity index (χ1) is 16.0. The van der Waals surface area contributed by atoms with E-state index in [1.54, 1.807) is 31.3 Å². The zero-order valence-corrected chi connectivity index (χ0v) is 19.9. The van der Waals surface area contributed by atoms with Crippen LogP contribution in [0, 0.1) is 0 Å². The van der Waals surface area contributed by atoms with Crippen molar-refractivity contribution < 1.29 is 13.2 Å². The van der Waals surface area contributed by atoms with Crippen molar-refractivity contribution in [3.05, 3.63) is 72.4 Å². The van der Waals surface area contributed by atoms with Gasteiger partial charge in [0.1, 0.15) is 0 Å². The highest BCUT2D eigenvalue weighted by Gasteiger charge is 2.30. The SMILES string of the molecule is C=CCn1c2c(c3cc(N(C)S(=O)(=O)c4ccccc4)ccc31)CN(C1CCOCC1)CC2. The summed E-state index contributed by atoms with van der Waals surface area (Å²) in [5.41, 5.74) is 4.48. The Hall–Kier alpha value is -2.61. The number of rotatable bonds is 6. The van der Waals surface area contributed by atoms with Crippen LogP contribution in [0.2, 0.25) is 0 Å². The third-order valence-corrected chi connectivity index (χ3v) is 8.85. The molecule has 1 fully saturated rings. The van der Waals surface area contributed by atoms with Crippen LogP contribution in [0.5, 0.6) is 0 Å². The van der Waals surface area contributed by atoms with E-state index in [0.717, 1.165) is 63.0 Å². The minimum Gasteiger partial charge on any atom is -0.381 e. The number of hydrogen-bond acceptors (Lipinski definition) is 4. The van der Waals surface area contributed by atoms with E-state index in [2.05, 4.69) is 22.1 Å². The van der Waals surface area contributed by atoms with Gasteiger partial charge < -0.3 is 9.30 Å². The lowest BCUT2D eigenvalue weighted by molar-refractivity contribution is 0.0289. The molecule has 2 aliphatic heterocycles. The first-order valence-corrected chi connectivity index (χ1v) is 13.1. The van der Waals surface area contributed by atoms with Gasteiger partial charge in [-0.25, -0.2) is 8.42 Å². The fraction of sp³-hybridized carbons (Fsp3) is 0.385. The molecule has 33 heavy (non-hydrogen) atoms. The van der Waals surface area contributed by atoms with Gasteiger partial charge in [0, 0.05) is 69.0 Å². The number of anilines is 1. The Balaban J connectivity index is 1.55. The largest absolute Gasteiger partial charge is 0.381 e. The molecule has 0 spiro atoms. The highest BCUT2D eigenvalue weighted by atomic mass is 32.2. The molecule has 0 bridgehead atoms. The third kappa shape index (κ3) is 3.98. The van der Waals surface area contributed by atoms with E-state index < -0.39 is 10.0 Å². The summed E-state index contributed by atoms with van der Waals surface area (Å²) in [5, 5.41) is 1.14. The molecule has 5 rings (SSSR count). The minimum absolute atomic E-state index is 0.296. The van der Waals surface area contributed by atoms with Crippen LogP contribution in [0.25, 0.3) is 10.9 Å². The molecule has 0 unspecified atom stereocenters. The topological polar surface area (TPSA) is 54.8 Å². The lowest BCUT2D eigenvalue weighted by atomic mass is 9.99. The van der Waals surface area contributed by atoms with E-state index in [4.69, 9.17) is 4.74 Å². The van der Waals surface area contributed by atoms with E-state index in [-0.39, 0.29) is 0 Å². The van der Waals surface area contributed by atoms with Crippen LogP contribution in [-0.2, 0) is 34.3 Å². The summed E-state index contributed by atoms with van der Waals surface area (Å²) in [6.07, 6.45) is 5.07. The number of ether oxygens (including phenoxy) is 1. The monoisotopic (exact) mass is 465 g/mol. The van der Waals surface area contributed by atoms with Crippen molar-refractivity contribution in [2.45, 2.75) is 43.3 Å². The summed E-state index contributed by atoms with van der Waals surface area (Å²) in [5.74, 6) is 0. The Bertz CT molecular complexity index is 1260. The van der Waals surface area contributed by atoms with Crippen LogP contribution in [0.15, 0.2) is 66.1 Å². The fourth-order valence-electron chi connectivity index (χ4n) is 5.24. The second kappa shape index (κ2) is 8.97. The number of benzene rings is 2. The number of nitrogens with zero attached hydrogens (tertiary/aromatic N) is 3.